The summed E-state index contributed by atoms with van der Waals surface area (Å²) in [5.74, 6) is -0.639. The smallest absolute Gasteiger partial charge is 0.269 e. The molecule has 0 atom stereocenters. The molecule has 2 amide bonds. The molecular formula is C20H20N6O6. The van der Waals surface area contributed by atoms with E-state index >= 15 is 0 Å². The molecule has 0 saturated carbocycles. The van der Waals surface area contributed by atoms with E-state index in [1.54, 1.807) is 0 Å². The highest BCUT2D eigenvalue weighted by molar-refractivity contribution is 5.83. The predicted octanol–water partition coefficient (Wildman–Crippen LogP) is 2.66. The fraction of sp³-hybridized carbons (Fsp3) is 0.200. The molecule has 0 heterocycles. The Morgan fingerprint density at radius 1 is 0.719 bits per heavy atom. The van der Waals surface area contributed by atoms with Crippen LogP contribution in [0.3, 0.4) is 0 Å². The Morgan fingerprint density at radius 3 is 1.38 bits per heavy atom. The lowest BCUT2D eigenvalue weighted by molar-refractivity contribution is -0.385. The molecular weight excluding hydrogens is 420 g/mol. The Hall–Kier alpha value is -4.48. The number of nitro benzene ring substituents is 2. The Bertz CT molecular complexity index is 934. The topological polar surface area (TPSA) is 169 Å². The summed E-state index contributed by atoms with van der Waals surface area (Å²) in [6, 6.07) is 11.4. The molecule has 32 heavy (non-hydrogen) atoms. The Balaban J connectivity index is 1.60. The highest BCUT2D eigenvalue weighted by Crippen LogP contribution is 2.11. The number of nitro groups is 2. The number of nitrogens with zero attached hydrogens (tertiary/aromatic N) is 4. The van der Waals surface area contributed by atoms with Crippen molar-refractivity contribution in [3.05, 3.63) is 79.9 Å². The first-order chi connectivity index (χ1) is 15.3. The van der Waals surface area contributed by atoms with Crippen molar-refractivity contribution in [2.24, 2.45) is 10.2 Å². The van der Waals surface area contributed by atoms with Crippen molar-refractivity contribution >= 4 is 35.6 Å². The van der Waals surface area contributed by atoms with Gasteiger partial charge in [-0.15, -0.1) is 0 Å². The van der Waals surface area contributed by atoms with Crippen LogP contribution in [0.25, 0.3) is 0 Å². The Morgan fingerprint density at radius 2 is 1.06 bits per heavy atom. The van der Waals surface area contributed by atoms with Crippen molar-refractivity contribution in [2.45, 2.75) is 25.7 Å². The van der Waals surface area contributed by atoms with Crippen LogP contribution >= 0.6 is 0 Å². The predicted molar refractivity (Wildman–Crippen MR) is 116 cm³/mol. The van der Waals surface area contributed by atoms with E-state index in [2.05, 4.69) is 21.1 Å². The third-order valence-electron chi connectivity index (χ3n) is 4.07. The number of carbonyl (C=O) groups excluding carboxylic acids is 2. The summed E-state index contributed by atoms with van der Waals surface area (Å²) in [6.07, 6.45) is 4.04. The largest absolute Gasteiger partial charge is 0.273 e. The number of benzene rings is 2. The van der Waals surface area contributed by atoms with Gasteiger partial charge < -0.3 is 0 Å². The quantitative estimate of drug-likeness (QED) is 0.235. The molecule has 0 aliphatic heterocycles. The second kappa shape index (κ2) is 12.3. The monoisotopic (exact) mass is 440 g/mol. The zero-order chi connectivity index (χ0) is 23.3. The van der Waals surface area contributed by atoms with Crippen LogP contribution < -0.4 is 10.9 Å². The Labute approximate surface area is 182 Å². The van der Waals surface area contributed by atoms with Gasteiger partial charge in [-0.3, -0.25) is 29.8 Å². The number of unbranched alkanes of at least 4 members (excludes halogenated alkanes) is 1. The molecule has 0 radical (unpaired) electrons. The van der Waals surface area contributed by atoms with Crippen molar-refractivity contribution in [2.75, 3.05) is 0 Å². The Kier molecular flexibility index (Phi) is 9.12. The molecule has 12 nitrogen and oxygen atoms in total. The maximum Gasteiger partial charge on any atom is 0.269 e. The summed E-state index contributed by atoms with van der Waals surface area (Å²) in [7, 11) is 0. The standard InChI is InChI=1S/C20H20N6O6/c27-19(23-21-13-15-5-9-17(10-6-15)25(29)30)3-1-2-4-20(28)24-22-14-16-7-11-18(12-8-16)26(31)32/h5-14H,1-4H2,(H,23,27)(H,24,28)/b21-13+,22-14+. The molecule has 2 aromatic rings. The second-order valence-electron chi connectivity index (χ2n) is 6.49. The van der Waals surface area contributed by atoms with Crippen molar-refractivity contribution < 1.29 is 19.4 Å². The molecule has 0 saturated heterocycles. The summed E-state index contributed by atoms with van der Waals surface area (Å²) < 4.78 is 0. The molecule has 12 heteroatoms. The molecule has 0 aliphatic carbocycles. The number of nitrogens with one attached hydrogen (secondary N) is 2. The normalized spacial score (nSPS) is 10.9. The highest BCUT2D eigenvalue weighted by atomic mass is 16.6. The van der Waals surface area contributed by atoms with E-state index in [-0.39, 0.29) is 36.0 Å². The zero-order valence-corrected chi connectivity index (χ0v) is 16.8. The van der Waals surface area contributed by atoms with Crippen LogP contribution in [-0.4, -0.2) is 34.1 Å². The fourth-order valence-corrected chi connectivity index (χ4v) is 2.40. The summed E-state index contributed by atoms with van der Waals surface area (Å²) in [6.45, 7) is 0. The van der Waals surface area contributed by atoms with Gasteiger partial charge in [0.2, 0.25) is 11.8 Å². The van der Waals surface area contributed by atoms with Gasteiger partial charge in [-0.25, -0.2) is 10.9 Å². The number of rotatable bonds is 11. The van der Waals surface area contributed by atoms with E-state index < -0.39 is 9.85 Å². The third kappa shape index (κ3) is 8.49. The lowest BCUT2D eigenvalue weighted by atomic mass is 10.2. The van der Waals surface area contributed by atoms with Gasteiger partial charge >= 0.3 is 0 Å². The van der Waals surface area contributed by atoms with Gasteiger partial charge in [-0.2, -0.15) is 10.2 Å². The minimum atomic E-state index is -0.506. The number of carbonyl (C=O) groups is 2. The summed E-state index contributed by atoms with van der Waals surface area (Å²) in [4.78, 5) is 43.6. The van der Waals surface area contributed by atoms with Gasteiger partial charge in [0, 0.05) is 37.1 Å². The molecule has 2 aromatic carbocycles. The van der Waals surface area contributed by atoms with E-state index in [1.807, 2.05) is 0 Å². The molecule has 0 aromatic heterocycles. The van der Waals surface area contributed by atoms with E-state index in [9.17, 15) is 29.8 Å². The SMILES string of the molecule is O=C(CCCCC(=O)N/N=C/c1ccc([N+](=O)[O-])cc1)N/N=C/c1ccc([N+](=O)[O-])cc1. The van der Waals surface area contributed by atoms with Gasteiger partial charge in [0.05, 0.1) is 22.3 Å². The molecule has 0 fully saturated rings. The molecule has 0 unspecified atom stereocenters. The van der Waals surface area contributed by atoms with Crippen LogP contribution in [-0.2, 0) is 9.59 Å². The first-order valence-electron chi connectivity index (χ1n) is 9.48. The van der Waals surface area contributed by atoms with Gasteiger partial charge in [0.25, 0.3) is 11.4 Å². The number of hydrogen-bond donors (Lipinski definition) is 2. The van der Waals surface area contributed by atoms with Crippen LogP contribution in [0.1, 0.15) is 36.8 Å². The first-order valence-corrected chi connectivity index (χ1v) is 9.48. The van der Waals surface area contributed by atoms with Crippen molar-refractivity contribution in [1.82, 2.24) is 10.9 Å². The van der Waals surface area contributed by atoms with Crippen molar-refractivity contribution in [3.63, 3.8) is 0 Å². The van der Waals surface area contributed by atoms with Gasteiger partial charge in [-0.05, 0) is 48.2 Å². The van der Waals surface area contributed by atoms with E-state index in [1.165, 1.54) is 61.0 Å². The van der Waals surface area contributed by atoms with Gasteiger partial charge in [-0.1, -0.05) is 0 Å². The van der Waals surface area contributed by atoms with Crippen molar-refractivity contribution in [3.8, 4) is 0 Å². The second-order valence-corrected chi connectivity index (χ2v) is 6.49. The summed E-state index contributed by atoms with van der Waals surface area (Å²) in [5.41, 5.74) is 5.83. The fourth-order valence-electron chi connectivity index (χ4n) is 2.40. The number of hydrazone groups is 2. The van der Waals surface area contributed by atoms with Crippen LogP contribution in [0.15, 0.2) is 58.7 Å². The van der Waals surface area contributed by atoms with Crippen LogP contribution in [0, 0.1) is 20.2 Å². The molecule has 0 bridgehead atoms. The van der Waals surface area contributed by atoms with E-state index in [4.69, 9.17) is 0 Å². The molecule has 2 N–H and O–H groups in total. The van der Waals surface area contributed by atoms with Crippen LogP contribution in [0.2, 0.25) is 0 Å². The van der Waals surface area contributed by atoms with Gasteiger partial charge in [0.1, 0.15) is 0 Å². The van der Waals surface area contributed by atoms with Crippen molar-refractivity contribution in [1.29, 1.82) is 0 Å². The first kappa shape index (κ1) is 23.8. The average Bonchev–Trinajstić information content (AvgIpc) is 2.77. The highest BCUT2D eigenvalue weighted by Gasteiger charge is 2.05. The van der Waals surface area contributed by atoms with E-state index in [0.29, 0.717) is 24.0 Å². The van der Waals surface area contributed by atoms with Crippen LogP contribution in [0.5, 0.6) is 0 Å². The number of non-ortho nitro benzene ring substituents is 2. The molecule has 166 valence electrons. The number of amides is 2. The molecule has 2 rings (SSSR count). The lowest BCUT2D eigenvalue weighted by Crippen LogP contribution is -2.19. The van der Waals surface area contributed by atoms with E-state index in [0.717, 1.165) is 0 Å². The zero-order valence-electron chi connectivity index (χ0n) is 16.8. The minimum absolute atomic E-state index is 0.0349. The summed E-state index contributed by atoms with van der Waals surface area (Å²) >= 11 is 0. The average molecular weight is 440 g/mol. The van der Waals surface area contributed by atoms with Crippen LogP contribution in [0.4, 0.5) is 11.4 Å². The number of hydrogen-bond acceptors (Lipinski definition) is 8. The maximum atomic E-state index is 11.7. The lowest BCUT2D eigenvalue weighted by Gasteiger charge is -2.01. The summed E-state index contributed by atoms with van der Waals surface area (Å²) in [5, 5.41) is 28.7. The minimum Gasteiger partial charge on any atom is -0.273 e. The maximum absolute atomic E-state index is 11.7. The molecule has 0 spiro atoms. The van der Waals surface area contributed by atoms with Gasteiger partial charge in [0.15, 0.2) is 0 Å². The third-order valence-corrected chi connectivity index (χ3v) is 4.07. The molecule has 0 aliphatic rings.